The van der Waals surface area contributed by atoms with Crippen LogP contribution in [-0.2, 0) is 29.6 Å². The van der Waals surface area contributed by atoms with Gasteiger partial charge in [0.1, 0.15) is 5.82 Å². The Morgan fingerprint density at radius 3 is 1.91 bits per heavy atom. The van der Waals surface area contributed by atoms with Gasteiger partial charge >= 0.3 is 30.3 Å². The van der Waals surface area contributed by atoms with E-state index in [4.69, 9.17) is 19.8 Å². The van der Waals surface area contributed by atoms with Gasteiger partial charge in [-0.3, -0.25) is 15.0 Å². The van der Waals surface area contributed by atoms with Crippen molar-refractivity contribution in [3.05, 3.63) is 35.9 Å². The lowest BCUT2D eigenvalue weighted by atomic mass is 10.3. The summed E-state index contributed by atoms with van der Waals surface area (Å²) in [5, 5.41) is 23.6. The molecule has 2 amide bonds. The molecule has 0 saturated carbocycles. The smallest absolute Gasteiger partial charge is 0.475 e. The maximum absolute atomic E-state index is 11.7. The summed E-state index contributed by atoms with van der Waals surface area (Å²) in [6.07, 6.45) is -7.72. The molecule has 0 radical (unpaired) electrons. The van der Waals surface area contributed by atoms with Crippen LogP contribution in [0.15, 0.2) is 24.4 Å². The molecule has 0 spiro atoms. The standard InChI is InChI=1S/C12H16N6O.2C2HF3O2/c1-3-10-15-11(17-18(10)2)16-12(19)14-8-9-6-4-5-7-13-9;2*3-2(4,5)1(6)7/h4-7H,3,8H2,1-2H3,(H2,14,16,17,19);2*(H,6,7). The van der Waals surface area contributed by atoms with E-state index in [9.17, 15) is 31.1 Å². The van der Waals surface area contributed by atoms with E-state index in [1.54, 1.807) is 17.9 Å². The molecular weight excluding hydrogens is 470 g/mol. The van der Waals surface area contributed by atoms with Crippen molar-refractivity contribution in [2.45, 2.75) is 32.2 Å². The van der Waals surface area contributed by atoms with Crippen LogP contribution < -0.4 is 10.6 Å². The summed E-state index contributed by atoms with van der Waals surface area (Å²) >= 11 is 0. The Balaban J connectivity index is 0.000000605. The van der Waals surface area contributed by atoms with Crippen molar-refractivity contribution in [2.75, 3.05) is 5.32 Å². The average Bonchev–Trinajstić information content (AvgIpc) is 3.05. The van der Waals surface area contributed by atoms with E-state index in [-0.39, 0.29) is 6.03 Å². The van der Waals surface area contributed by atoms with Gasteiger partial charge in [0.2, 0.25) is 5.95 Å². The lowest BCUT2D eigenvalue weighted by Crippen LogP contribution is -2.29. The van der Waals surface area contributed by atoms with E-state index in [1.807, 2.05) is 25.1 Å². The van der Waals surface area contributed by atoms with Gasteiger partial charge in [-0.25, -0.2) is 14.4 Å². The molecule has 0 aromatic carbocycles. The topological polar surface area (TPSA) is 159 Å². The third-order valence-corrected chi connectivity index (χ3v) is 3.04. The van der Waals surface area contributed by atoms with E-state index in [0.717, 1.165) is 17.9 Å². The number of anilines is 1. The summed E-state index contributed by atoms with van der Waals surface area (Å²) in [6, 6.07) is 5.19. The molecule has 2 aromatic rings. The van der Waals surface area contributed by atoms with Crippen LogP contribution >= 0.6 is 0 Å². The number of carboxylic acid groups (broad SMARTS) is 2. The molecule has 0 aliphatic rings. The molecule has 2 rings (SSSR count). The fraction of sp³-hybridized carbons (Fsp3) is 0.375. The van der Waals surface area contributed by atoms with Crippen LogP contribution in [0.25, 0.3) is 0 Å². The lowest BCUT2D eigenvalue weighted by Gasteiger charge is -2.03. The zero-order valence-electron chi connectivity index (χ0n) is 16.9. The van der Waals surface area contributed by atoms with Crippen LogP contribution in [0.4, 0.5) is 37.1 Å². The number of nitrogens with one attached hydrogen (secondary N) is 2. The number of urea groups is 1. The molecule has 0 saturated heterocycles. The average molecular weight is 488 g/mol. The first-order valence-corrected chi connectivity index (χ1v) is 8.52. The Morgan fingerprint density at radius 2 is 1.55 bits per heavy atom. The predicted molar refractivity (Wildman–Crippen MR) is 97.9 cm³/mol. The van der Waals surface area contributed by atoms with Crippen LogP contribution in [0.2, 0.25) is 0 Å². The van der Waals surface area contributed by atoms with E-state index in [2.05, 4.69) is 25.7 Å². The van der Waals surface area contributed by atoms with Gasteiger partial charge in [-0.15, -0.1) is 5.10 Å². The lowest BCUT2D eigenvalue weighted by molar-refractivity contribution is -0.193. The molecule has 184 valence electrons. The van der Waals surface area contributed by atoms with Gasteiger partial charge in [-0.2, -0.15) is 31.3 Å². The van der Waals surface area contributed by atoms with Crippen molar-refractivity contribution in [3.63, 3.8) is 0 Å². The third kappa shape index (κ3) is 12.5. The second-order valence-corrected chi connectivity index (χ2v) is 5.56. The van der Waals surface area contributed by atoms with Gasteiger partial charge in [-0.1, -0.05) is 13.0 Å². The Hall–Kier alpha value is -3.92. The zero-order chi connectivity index (χ0) is 25.8. The molecule has 0 unspecified atom stereocenters. The van der Waals surface area contributed by atoms with E-state index < -0.39 is 24.3 Å². The number of aromatic nitrogens is 4. The van der Waals surface area contributed by atoms with Crippen molar-refractivity contribution >= 4 is 23.9 Å². The largest absolute Gasteiger partial charge is 0.490 e. The maximum Gasteiger partial charge on any atom is 0.490 e. The molecule has 0 bridgehead atoms. The Bertz CT molecular complexity index is 893. The normalized spacial score (nSPS) is 10.7. The van der Waals surface area contributed by atoms with Crippen LogP contribution in [0.5, 0.6) is 0 Å². The van der Waals surface area contributed by atoms with Crippen molar-refractivity contribution in [3.8, 4) is 0 Å². The van der Waals surface area contributed by atoms with Gasteiger partial charge in [0, 0.05) is 19.7 Å². The SMILES string of the molecule is CCc1nc(NC(=O)NCc2ccccn2)nn1C.O=C(O)C(F)(F)F.O=C(O)C(F)(F)F. The molecule has 4 N–H and O–H groups in total. The fourth-order valence-corrected chi connectivity index (χ4v) is 1.60. The van der Waals surface area contributed by atoms with E-state index in [0.29, 0.717) is 12.5 Å². The van der Waals surface area contributed by atoms with Crippen LogP contribution in [-0.4, -0.2) is 60.3 Å². The number of carbonyl (C=O) groups excluding carboxylic acids is 1. The van der Waals surface area contributed by atoms with Gasteiger partial charge in [0.25, 0.3) is 0 Å². The first kappa shape index (κ1) is 29.1. The van der Waals surface area contributed by atoms with Crippen molar-refractivity contribution in [1.29, 1.82) is 0 Å². The molecule has 2 heterocycles. The molecule has 0 aliphatic heterocycles. The fourth-order valence-electron chi connectivity index (χ4n) is 1.60. The Kier molecular flexibility index (Phi) is 11.3. The number of amides is 2. The van der Waals surface area contributed by atoms with Gasteiger partial charge in [-0.05, 0) is 12.1 Å². The highest BCUT2D eigenvalue weighted by Crippen LogP contribution is 2.13. The predicted octanol–water partition coefficient (Wildman–Crippen LogP) is 2.36. The quantitative estimate of drug-likeness (QED) is 0.478. The molecular formula is C16H18F6N6O5. The number of carboxylic acids is 2. The number of pyridine rings is 1. The number of nitrogens with zero attached hydrogens (tertiary/aromatic N) is 4. The molecule has 17 heteroatoms. The summed E-state index contributed by atoms with van der Waals surface area (Å²) in [5.41, 5.74) is 0.792. The van der Waals surface area contributed by atoms with E-state index >= 15 is 0 Å². The van der Waals surface area contributed by atoms with Gasteiger partial charge in [0.05, 0.1) is 12.2 Å². The summed E-state index contributed by atoms with van der Waals surface area (Å²) in [5.74, 6) is -4.39. The van der Waals surface area contributed by atoms with Crippen molar-refractivity contribution < 1.29 is 50.9 Å². The third-order valence-electron chi connectivity index (χ3n) is 3.04. The number of hydrogen-bond donors (Lipinski definition) is 4. The maximum atomic E-state index is 11.7. The minimum absolute atomic E-state index is 0.304. The second kappa shape index (κ2) is 12.8. The Morgan fingerprint density at radius 1 is 1.03 bits per heavy atom. The van der Waals surface area contributed by atoms with Crippen molar-refractivity contribution in [2.24, 2.45) is 7.05 Å². The van der Waals surface area contributed by atoms with Gasteiger partial charge in [0.15, 0.2) is 0 Å². The number of aliphatic carboxylic acids is 2. The summed E-state index contributed by atoms with van der Waals surface area (Å²) in [6.45, 7) is 2.34. The Labute approximate surface area is 181 Å². The first-order valence-electron chi connectivity index (χ1n) is 8.52. The van der Waals surface area contributed by atoms with E-state index in [1.165, 1.54) is 0 Å². The first-order chi connectivity index (χ1) is 15.1. The second-order valence-electron chi connectivity index (χ2n) is 5.56. The number of hydrogen-bond acceptors (Lipinski definition) is 6. The number of halogens is 6. The molecule has 33 heavy (non-hydrogen) atoms. The molecule has 0 fully saturated rings. The van der Waals surface area contributed by atoms with Gasteiger partial charge < -0.3 is 15.5 Å². The monoisotopic (exact) mass is 488 g/mol. The number of carbonyl (C=O) groups is 3. The number of alkyl halides is 6. The minimum atomic E-state index is -5.08. The number of aryl methyl sites for hydroxylation is 2. The molecule has 2 aromatic heterocycles. The molecule has 0 atom stereocenters. The summed E-state index contributed by atoms with van der Waals surface area (Å²) in [4.78, 5) is 37.7. The van der Waals surface area contributed by atoms with Crippen LogP contribution in [0.1, 0.15) is 18.4 Å². The highest BCUT2D eigenvalue weighted by atomic mass is 19.4. The zero-order valence-corrected chi connectivity index (χ0v) is 16.9. The number of rotatable bonds is 4. The van der Waals surface area contributed by atoms with Crippen molar-refractivity contribution in [1.82, 2.24) is 25.1 Å². The van der Waals surface area contributed by atoms with Crippen LogP contribution in [0.3, 0.4) is 0 Å². The molecule has 0 aliphatic carbocycles. The summed E-state index contributed by atoms with van der Waals surface area (Å²) < 4.78 is 65.1. The minimum Gasteiger partial charge on any atom is -0.475 e. The summed E-state index contributed by atoms with van der Waals surface area (Å²) in [7, 11) is 1.79. The van der Waals surface area contributed by atoms with Crippen LogP contribution in [0, 0.1) is 0 Å². The highest BCUT2D eigenvalue weighted by molar-refractivity contribution is 5.87. The molecule has 11 nitrogen and oxygen atoms in total. The highest BCUT2D eigenvalue weighted by Gasteiger charge is 2.38.